The lowest BCUT2D eigenvalue weighted by atomic mass is 10.2. The van der Waals surface area contributed by atoms with Gasteiger partial charge in [-0.05, 0) is 36.4 Å². The maximum Gasteiger partial charge on any atom is 0.251 e. The molecule has 1 N–H and O–H groups in total. The number of hydrogen-bond acceptors (Lipinski definition) is 3. The highest BCUT2D eigenvalue weighted by atomic mass is 32.1. The van der Waals surface area contributed by atoms with E-state index in [0.717, 1.165) is 15.4 Å². The zero-order valence-electron chi connectivity index (χ0n) is 11.3. The summed E-state index contributed by atoms with van der Waals surface area (Å²) in [6.07, 6.45) is 1.78. The van der Waals surface area contributed by atoms with Crippen molar-refractivity contribution in [2.24, 2.45) is 0 Å². The van der Waals surface area contributed by atoms with Crippen molar-refractivity contribution in [3.8, 4) is 10.6 Å². The molecule has 21 heavy (non-hydrogen) atoms. The fourth-order valence-corrected chi connectivity index (χ4v) is 2.90. The van der Waals surface area contributed by atoms with E-state index in [1.165, 1.54) is 0 Å². The third kappa shape index (κ3) is 3.35. The van der Waals surface area contributed by atoms with Gasteiger partial charge in [-0.25, -0.2) is 0 Å². The van der Waals surface area contributed by atoms with E-state index >= 15 is 0 Å². The second kappa shape index (κ2) is 6.33. The number of nitrogens with one attached hydrogen (secondary N) is 1. The molecule has 0 spiro atoms. The van der Waals surface area contributed by atoms with Crippen LogP contribution in [0.2, 0.25) is 0 Å². The van der Waals surface area contributed by atoms with E-state index in [1.807, 2.05) is 60.7 Å². The van der Waals surface area contributed by atoms with Crippen molar-refractivity contribution in [1.82, 2.24) is 10.3 Å². The number of thiophene rings is 1. The van der Waals surface area contributed by atoms with Crippen molar-refractivity contribution in [2.75, 3.05) is 0 Å². The predicted octanol–water partition coefficient (Wildman–Crippen LogP) is 3.74. The molecule has 0 aliphatic heterocycles. The second-order valence-corrected chi connectivity index (χ2v) is 5.70. The maximum atomic E-state index is 12.0. The molecule has 0 saturated carbocycles. The van der Waals surface area contributed by atoms with Gasteiger partial charge in [0.1, 0.15) is 0 Å². The number of amides is 1. The van der Waals surface area contributed by atoms with Gasteiger partial charge >= 0.3 is 0 Å². The molecule has 2 aromatic heterocycles. The van der Waals surface area contributed by atoms with Crippen molar-refractivity contribution in [1.29, 1.82) is 0 Å². The molecule has 0 atom stereocenters. The number of pyridine rings is 1. The summed E-state index contributed by atoms with van der Waals surface area (Å²) in [5, 5.41) is 2.93. The molecule has 0 aliphatic carbocycles. The molecule has 1 aromatic carbocycles. The maximum absolute atomic E-state index is 12.0. The highest BCUT2D eigenvalue weighted by Gasteiger charge is 2.07. The molecule has 0 saturated heterocycles. The number of benzene rings is 1. The normalized spacial score (nSPS) is 10.3. The molecular weight excluding hydrogens is 280 g/mol. The first-order valence-corrected chi connectivity index (χ1v) is 7.48. The van der Waals surface area contributed by atoms with Gasteiger partial charge in [0, 0.05) is 16.6 Å². The molecule has 0 fully saturated rings. The van der Waals surface area contributed by atoms with E-state index in [-0.39, 0.29) is 5.91 Å². The topological polar surface area (TPSA) is 42.0 Å². The van der Waals surface area contributed by atoms with Gasteiger partial charge in [0.05, 0.1) is 17.1 Å². The summed E-state index contributed by atoms with van der Waals surface area (Å²) in [5.74, 6) is -0.0524. The summed E-state index contributed by atoms with van der Waals surface area (Å²) < 4.78 is 0. The molecule has 0 aliphatic rings. The molecule has 0 unspecified atom stereocenters. The van der Waals surface area contributed by atoms with Crippen LogP contribution in [0.3, 0.4) is 0 Å². The zero-order valence-corrected chi connectivity index (χ0v) is 12.1. The summed E-state index contributed by atoms with van der Waals surface area (Å²) in [5.41, 5.74) is 1.64. The molecule has 3 nitrogen and oxygen atoms in total. The Labute approximate surface area is 127 Å². The van der Waals surface area contributed by atoms with Gasteiger partial charge < -0.3 is 5.32 Å². The largest absolute Gasteiger partial charge is 0.347 e. The average Bonchev–Trinajstić information content (AvgIpc) is 3.03. The summed E-state index contributed by atoms with van der Waals surface area (Å²) in [4.78, 5) is 18.5. The molecule has 0 radical (unpaired) electrons. The van der Waals surface area contributed by atoms with E-state index in [4.69, 9.17) is 0 Å². The second-order valence-electron chi connectivity index (χ2n) is 4.53. The number of carbonyl (C=O) groups excluding carboxylic acids is 1. The Bertz CT molecular complexity index is 723. The lowest BCUT2D eigenvalue weighted by molar-refractivity contribution is 0.0951. The number of aromatic nitrogens is 1. The highest BCUT2D eigenvalue weighted by molar-refractivity contribution is 7.15. The first kappa shape index (κ1) is 13.5. The van der Waals surface area contributed by atoms with Crippen LogP contribution in [0, 0.1) is 0 Å². The summed E-state index contributed by atoms with van der Waals surface area (Å²) >= 11 is 1.65. The molecule has 4 heteroatoms. The van der Waals surface area contributed by atoms with E-state index in [0.29, 0.717) is 12.1 Å². The molecular formula is C17H14N2OS. The molecule has 3 rings (SSSR count). The van der Waals surface area contributed by atoms with E-state index < -0.39 is 0 Å². The Morgan fingerprint density at radius 2 is 1.81 bits per heavy atom. The Morgan fingerprint density at radius 1 is 1.00 bits per heavy atom. The fourth-order valence-electron chi connectivity index (χ4n) is 1.98. The molecule has 104 valence electrons. The zero-order chi connectivity index (χ0) is 14.5. The van der Waals surface area contributed by atoms with Crippen LogP contribution in [0.25, 0.3) is 10.6 Å². The van der Waals surface area contributed by atoms with Crippen molar-refractivity contribution in [3.63, 3.8) is 0 Å². The van der Waals surface area contributed by atoms with E-state index in [1.54, 1.807) is 17.5 Å². The summed E-state index contributed by atoms with van der Waals surface area (Å²) in [7, 11) is 0. The number of carbonyl (C=O) groups is 1. The van der Waals surface area contributed by atoms with Crippen molar-refractivity contribution >= 4 is 17.2 Å². The van der Waals surface area contributed by atoms with Gasteiger partial charge in [0.2, 0.25) is 0 Å². The quantitative estimate of drug-likeness (QED) is 0.796. The smallest absolute Gasteiger partial charge is 0.251 e. The summed E-state index contributed by atoms with van der Waals surface area (Å²) in [6, 6.07) is 19.2. The minimum atomic E-state index is -0.0524. The Kier molecular flexibility index (Phi) is 4.07. The van der Waals surface area contributed by atoms with Crippen molar-refractivity contribution < 1.29 is 4.79 Å². The third-order valence-corrected chi connectivity index (χ3v) is 4.15. The highest BCUT2D eigenvalue weighted by Crippen LogP contribution is 2.26. The summed E-state index contributed by atoms with van der Waals surface area (Å²) in [6.45, 7) is 0.533. The molecule has 0 bridgehead atoms. The molecule has 3 aromatic rings. The Balaban J connectivity index is 1.64. The van der Waals surface area contributed by atoms with Gasteiger partial charge in [-0.2, -0.15) is 0 Å². The minimum Gasteiger partial charge on any atom is -0.347 e. The lowest BCUT2D eigenvalue weighted by Crippen LogP contribution is -2.22. The van der Waals surface area contributed by atoms with Gasteiger partial charge in [-0.15, -0.1) is 11.3 Å². The van der Waals surface area contributed by atoms with Crippen LogP contribution in [-0.2, 0) is 6.54 Å². The van der Waals surface area contributed by atoms with Crippen molar-refractivity contribution in [2.45, 2.75) is 6.54 Å². The van der Waals surface area contributed by atoms with Crippen LogP contribution < -0.4 is 5.32 Å². The first-order valence-electron chi connectivity index (χ1n) is 6.66. The van der Waals surface area contributed by atoms with Crippen LogP contribution >= 0.6 is 11.3 Å². The van der Waals surface area contributed by atoms with Crippen LogP contribution in [0.15, 0.2) is 66.9 Å². The van der Waals surface area contributed by atoms with Crippen molar-refractivity contribution in [3.05, 3.63) is 77.3 Å². The lowest BCUT2D eigenvalue weighted by Gasteiger charge is -2.03. The van der Waals surface area contributed by atoms with Gasteiger partial charge in [0.15, 0.2) is 0 Å². The predicted molar refractivity (Wildman–Crippen MR) is 85.2 cm³/mol. The SMILES string of the molecule is O=C(NCc1ccc(-c2ccccn2)s1)c1ccccc1. The molecule has 1 amide bonds. The van der Waals surface area contributed by atoms with Crippen LogP contribution in [0.5, 0.6) is 0 Å². The van der Waals surface area contributed by atoms with Crippen LogP contribution in [0.4, 0.5) is 0 Å². The van der Waals surface area contributed by atoms with Crippen LogP contribution in [-0.4, -0.2) is 10.9 Å². The first-order chi connectivity index (χ1) is 10.3. The fraction of sp³-hybridized carbons (Fsp3) is 0.0588. The Morgan fingerprint density at radius 3 is 2.57 bits per heavy atom. The number of hydrogen-bond donors (Lipinski definition) is 1. The van der Waals surface area contributed by atoms with Gasteiger partial charge in [-0.1, -0.05) is 24.3 Å². The average molecular weight is 294 g/mol. The van der Waals surface area contributed by atoms with E-state index in [9.17, 15) is 4.79 Å². The van der Waals surface area contributed by atoms with E-state index in [2.05, 4.69) is 10.3 Å². The minimum absolute atomic E-state index is 0.0524. The number of nitrogens with zero attached hydrogens (tertiary/aromatic N) is 1. The van der Waals surface area contributed by atoms with Gasteiger partial charge in [-0.3, -0.25) is 9.78 Å². The number of rotatable bonds is 4. The molecule has 2 heterocycles. The monoisotopic (exact) mass is 294 g/mol. The Hall–Kier alpha value is -2.46. The van der Waals surface area contributed by atoms with Crippen LogP contribution in [0.1, 0.15) is 15.2 Å². The third-order valence-electron chi connectivity index (χ3n) is 3.04. The van der Waals surface area contributed by atoms with Gasteiger partial charge in [0.25, 0.3) is 5.91 Å². The standard InChI is InChI=1S/C17H14N2OS/c20-17(13-6-2-1-3-7-13)19-12-14-9-10-16(21-14)15-8-4-5-11-18-15/h1-11H,12H2,(H,19,20).